The van der Waals surface area contributed by atoms with Crippen LogP contribution >= 0.6 is 34.8 Å². The van der Waals surface area contributed by atoms with Crippen molar-refractivity contribution in [2.45, 2.75) is 51.7 Å². The van der Waals surface area contributed by atoms with E-state index in [1.807, 2.05) is 18.7 Å². The summed E-state index contributed by atoms with van der Waals surface area (Å²) in [5.41, 5.74) is 2.89. The zero-order valence-corrected chi connectivity index (χ0v) is 26.9. The van der Waals surface area contributed by atoms with Crippen LogP contribution in [0.2, 0.25) is 15.1 Å². The Morgan fingerprint density at radius 1 is 0.955 bits per heavy atom. The van der Waals surface area contributed by atoms with Gasteiger partial charge in [0.2, 0.25) is 5.91 Å². The van der Waals surface area contributed by atoms with Gasteiger partial charge < -0.3 is 25.0 Å². The molecule has 2 aliphatic rings. The predicted octanol–water partition coefficient (Wildman–Crippen LogP) is 6.76. The minimum absolute atomic E-state index is 0.0405. The molecule has 1 saturated heterocycles. The second kappa shape index (κ2) is 14.4. The number of nitrogens with one attached hydrogen (secondary N) is 2. The first kappa shape index (κ1) is 32.4. The van der Waals surface area contributed by atoms with E-state index in [2.05, 4.69) is 10.6 Å². The maximum absolute atomic E-state index is 13.8. The zero-order valence-electron chi connectivity index (χ0n) is 24.6. The summed E-state index contributed by atoms with van der Waals surface area (Å²) >= 11 is 18.8. The third-order valence-electron chi connectivity index (χ3n) is 7.93. The summed E-state index contributed by atoms with van der Waals surface area (Å²) in [6, 6.07) is 12.8. The van der Waals surface area contributed by atoms with Crippen molar-refractivity contribution in [3.63, 3.8) is 0 Å². The van der Waals surface area contributed by atoms with Crippen LogP contribution in [0.3, 0.4) is 0 Å². The lowest BCUT2D eigenvalue weighted by molar-refractivity contribution is -0.138. The van der Waals surface area contributed by atoms with Gasteiger partial charge in [0.05, 0.1) is 16.0 Å². The van der Waals surface area contributed by atoms with Crippen LogP contribution in [0.5, 0.6) is 11.5 Å². The lowest BCUT2D eigenvalue weighted by Gasteiger charge is -2.36. The van der Waals surface area contributed by atoms with E-state index >= 15 is 0 Å². The summed E-state index contributed by atoms with van der Waals surface area (Å²) in [6.45, 7) is 5.68. The van der Waals surface area contributed by atoms with Crippen molar-refractivity contribution in [3.8, 4) is 11.5 Å². The van der Waals surface area contributed by atoms with Crippen molar-refractivity contribution in [3.05, 3.63) is 91.7 Å². The van der Waals surface area contributed by atoms with Gasteiger partial charge in [-0.05, 0) is 98.8 Å². The molecule has 0 spiro atoms. The van der Waals surface area contributed by atoms with Crippen LogP contribution < -0.4 is 20.1 Å². The Labute approximate surface area is 271 Å². The standard InChI is InChI=1S/C33H35Cl3FN3O4/c1-19-13-28(35)31(29(36)14-19)44-12-11-43-24-7-8-25(20(2)15-24)32(41)39-30-9-10-38-17-26(30)33(42)40(23-5-6-23)18-21-3-4-22(37)16-27(21)34/h3-4,7-8,13-16,23,26,30,38H,5-6,9-12,17-18H2,1-2H3,(H,39,41). The molecule has 0 radical (unpaired) electrons. The Morgan fingerprint density at radius 2 is 1.68 bits per heavy atom. The topological polar surface area (TPSA) is 79.9 Å². The molecule has 1 heterocycles. The van der Waals surface area contributed by atoms with E-state index in [0.29, 0.717) is 63.7 Å². The molecule has 0 bridgehead atoms. The van der Waals surface area contributed by atoms with Crippen molar-refractivity contribution in [2.75, 3.05) is 26.3 Å². The smallest absolute Gasteiger partial charge is 0.251 e. The lowest BCUT2D eigenvalue weighted by atomic mass is 9.91. The third-order valence-corrected chi connectivity index (χ3v) is 8.84. The van der Waals surface area contributed by atoms with E-state index in [4.69, 9.17) is 44.3 Å². The fraction of sp³-hybridized carbons (Fsp3) is 0.394. The maximum atomic E-state index is 13.8. The normalized spacial score (nSPS) is 18.0. The van der Waals surface area contributed by atoms with Crippen LogP contribution in [0.15, 0.2) is 48.5 Å². The van der Waals surface area contributed by atoms with E-state index in [9.17, 15) is 14.0 Å². The number of ether oxygens (including phenoxy) is 2. The van der Waals surface area contributed by atoms with Crippen molar-refractivity contribution in [1.29, 1.82) is 0 Å². The fourth-order valence-corrected chi connectivity index (χ4v) is 6.40. The van der Waals surface area contributed by atoms with Crippen LogP contribution in [-0.4, -0.2) is 55.1 Å². The summed E-state index contributed by atoms with van der Waals surface area (Å²) in [5, 5.41) is 7.60. The van der Waals surface area contributed by atoms with Crippen molar-refractivity contribution >= 4 is 46.6 Å². The largest absolute Gasteiger partial charge is 0.490 e. The number of benzene rings is 3. The highest BCUT2D eigenvalue weighted by Crippen LogP contribution is 2.34. The molecule has 1 aliphatic heterocycles. The number of rotatable bonds is 11. The van der Waals surface area contributed by atoms with Gasteiger partial charge in [-0.2, -0.15) is 0 Å². The van der Waals surface area contributed by atoms with Gasteiger partial charge in [-0.1, -0.05) is 40.9 Å². The molecule has 44 heavy (non-hydrogen) atoms. The summed E-state index contributed by atoms with van der Waals surface area (Å²) in [4.78, 5) is 29.1. The Bertz CT molecular complexity index is 1510. The first-order valence-corrected chi connectivity index (χ1v) is 15.8. The van der Waals surface area contributed by atoms with Gasteiger partial charge in [0, 0.05) is 35.8 Å². The molecular weight excluding hydrogens is 628 g/mol. The van der Waals surface area contributed by atoms with E-state index in [1.54, 1.807) is 36.4 Å². The zero-order chi connectivity index (χ0) is 31.4. The lowest BCUT2D eigenvalue weighted by Crippen LogP contribution is -2.55. The van der Waals surface area contributed by atoms with E-state index < -0.39 is 11.7 Å². The molecule has 11 heteroatoms. The number of hydrogen-bond acceptors (Lipinski definition) is 5. The fourth-order valence-electron chi connectivity index (χ4n) is 5.46. The molecule has 7 nitrogen and oxygen atoms in total. The van der Waals surface area contributed by atoms with Crippen LogP contribution in [-0.2, 0) is 11.3 Å². The van der Waals surface area contributed by atoms with Crippen molar-refractivity contribution in [1.82, 2.24) is 15.5 Å². The van der Waals surface area contributed by atoms with Crippen molar-refractivity contribution < 1.29 is 23.5 Å². The van der Waals surface area contributed by atoms with Gasteiger partial charge in [-0.3, -0.25) is 9.59 Å². The monoisotopic (exact) mass is 661 g/mol. The number of piperidine rings is 1. The number of amides is 2. The first-order chi connectivity index (χ1) is 21.1. The van der Waals surface area contributed by atoms with Gasteiger partial charge in [-0.25, -0.2) is 4.39 Å². The van der Waals surface area contributed by atoms with Crippen LogP contribution in [0.1, 0.15) is 46.3 Å². The second-order valence-corrected chi connectivity index (χ2v) is 12.6. The van der Waals surface area contributed by atoms with E-state index in [-0.39, 0.29) is 37.1 Å². The van der Waals surface area contributed by atoms with Gasteiger partial charge in [-0.15, -0.1) is 0 Å². The van der Waals surface area contributed by atoms with Crippen LogP contribution in [0, 0.1) is 25.6 Å². The Balaban J connectivity index is 1.19. The molecular formula is C33H35Cl3FN3O4. The molecule has 3 aromatic carbocycles. The Hall–Kier alpha value is -3.04. The summed E-state index contributed by atoms with van der Waals surface area (Å²) in [7, 11) is 0. The third kappa shape index (κ3) is 7.96. The maximum Gasteiger partial charge on any atom is 0.251 e. The number of halogens is 4. The van der Waals surface area contributed by atoms with Gasteiger partial charge in [0.25, 0.3) is 5.91 Å². The average molecular weight is 663 g/mol. The minimum Gasteiger partial charge on any atom is -0.490 e. The number of carbonyl (C=O) groups is 2. The van der Waals surface area contributed by atoms with E-state index in [0.717, 1.165) is 24.0 Å². The van der Waals surface area contributed by atoms with Gasteiger partial charge in [0.1, 0.15) is 24.8 Å². The molecule has 0 aromatic heterocycles. The molecule has 1 aliphatic carbocycles. The molecule has 1 saturated carbocycles. The van der Waals surface area contributed by atoms with E-state index in [1.165, 1.54) is 12.1 Å². The Morgan fingerprint density at radius 3 is 2.36 bits per heavy atom. The molecule has 2 fully saturated rings. The number of aryl methyl sites for hydroxylation is 2. The number of nitrogens with zero attached hydrogens (tertiary/aromatic N) is 1. The molecule has 2 amide bonds. The second-order valence-electron chi connectivity index (χ2n) is 11.3. The first-order valence-electron chi connectivity index (χ1n) is 14.7. The summed E-state index contributed by atoms with van der Waals surface area (Å²) in [6.07, 6.45) is 2.44. The highest BCUT2D eigenvalue weighted by Gasteiger charge is 2.40. The average Bonchev–Trinajstić information content (AvgIpc) is 3.81. The van der Waals surface area contributed by atoms with Crippen LogP contribution in [0.4, 0.5) is 4.39 Å². The number of carbonyl (C=O) groups excluding carboxylic acids is 2. The van der Waals surface area contributed by atoms with Crippen LogP contribution in [0.25, 0.3) is 0 Å². The minimum atomic E-state index is -0.439. The number of hydrogen-bond donors (Lipinski definition) is 2. The molecule has 234 valence electrons. The highest BCUT2D eigenvalue weighted by molar-refractivity contribution is 6.37. The SMILES string of the molecule is Cc1cc(Cl)c(OCCOc2ccc(C(=O)NC3CCNCC3C(=O)N(Cc3ccc(F)cc3Cl)C3CC3)c(C)c2)c(Cl)c1. The molecule has 2 atom stereocenters. The highest BCUT2D eigenvalue weighted by atomic mass is 35.5. The van der Waals surface area contributed by atoms with Gasteiger partial charge >= 0.3 is 0 Å². The predicted molar refractivity (Wildman–Crippen MR) is 171 cm³/mol. The summed E-state index contributed by atoms with van der Waals surface area (Å²) in [5.74, 6) is -0.129. The van der Waals surface area contributed by atoms with Crippen molar-refractivity contribution in [2.24, 2.45) is 5.92 Å². The molecule has 5 rings (SSSR count). The molecule has 2 unspecified atom stereocenters. The van der Waals surface area contributed by atoms with Gasteiger partial charge in [0.15, 0.2) is 5.75 Å². The summed E-state index contributed by atoms with van der Waals surface area (Å²) < 4.78 is 25.1. The Kier molecular flexibility index (Phi) is 10.6. The molecule has 3 aromatic rings. The molecule has 2 N–H and O–H groups in total. The quantitative estimate of drug-likeness (QED) is 0.222.